The average Bonchev–Trinajstić information content (AvgIpc) is 3.77. The van der Waals surface area contributed by atoms with Crippen LogP contribution in [0.5, 0.6) is 5.75 Å². The molecule has 7 rings (SSSR count). The number of aliphatic hydroxyl groups is 1. The molecule has 4 atom stereocenters. The van der Waals surface area contributed by atoms with Crippen molar-refractivity contribution in [2.75, 3.05) is 39.3 Å². The van der Waals surface area contributed by atoms with Crippen LogP contribution in [0.25, 0.3) is 10.9 Å². The fourth-order valence-corrected chi connectivity index (χ4v) is 6.41. The number of aliphatic hydroxyl groups excluding tert-OH is 1. The molecule has 200 valence electrons. The molecule has 2 heterocycles. The van der Waals surface area contributed by atoms with Gasteiger partial charge in [0.15, 0.2) is 12.3 Å². The molecule has 1 aliphatic heterocycles. The molecule has 1 N–H and O–H groups in total. The lowest BCUT2D eigenvalue weighted by atomic mass is 9.92. The van der Waals surface area contributed by atoms with E-state index in [-0.39, 0.29) is 12.6 Å². The van der Waals surface area contributed by atoms with Gasteiger partial charge in [0.2, 0.25) is 0 Å². The summed E-state index contributed by atoms with van der Waals surface area (Å²) in [6, 6.07) is 20.9. The Bertz CT molecular complexity index is 1520. The van der Waals surface area contributed by atoms with E-state index in [1.807, 2.05) is 48.5 Å². The molecule has 39 heavy (non-hydrogen) atoms. The summed E-state index contributed by atoms with van der Waals surface area (Å²) >= 11 is 0. The van der Waals surface area contributed by atoms with Gasteiger partial charge < -0.3 is 9.84 Å². The summed E-state index contributed by atoms with van der Waals surface area (Å²) in [6.07, 6.45) is -1.43. The summed E-state index contributed by atoms with van der Waals surface area (Å²) in [5, 5.41) is 11.7. The number of benzene rings is 3. The second kappa shape index (κ2) is 9.97. The number of ether oxygens (including phenoxy) is 1. The van der Waals surface area contributed by atoms with Crippen LogP contribution < -0.4 is 4.74 Å². The first kappa shape index (κ1) is 24.6. The number of halogens is 2. The zero-order chi connectivity index (χ0) is 26.5. The summed E-state index contributed by atoms with van der Waals surface area (Å²) in [5.74, 6) is 0.715. The molecule has 3 aliphatic rings. The van der Waals surface area contributed by atoms with Gasteiger partial charge in [-0.2, -0.15) is 0 Å². The predicted molar refractivity (Wildman–Crippen MR) is 146 cm³/mol. The number of alkyl halides is 2. The Morgan fingerprint density at radius 1 is 0.872 bits per heavy atom. The summed E-state index contributed by atoms with van der Waals surface area (Å²) in [5.41, 5.74) is 5.77. The van der Waals surface area contributed by atoms with Gasteiger partial charge in [-0.3, -0.25) is 14.8 Å². The maximum Gasteiger partial charge on any atom is 0.161 e. The van der Waals surface area contributed by atoms with Gasteiger partial charge in [-0.05, 0) is 64.1 Å². The van der Waals surface area contributed by atoms with Crippen LogP contribution in [0, 0.1) is 0 Å². The standard InChI is InChI=1S/C32H31F2N3O2/c33-30-22-5-1-2-6-23(22)32(25-11-10-20-17-26(20)29(25)31(30)34)37-15-13-36(14-16-37)18-21(38)19-39-28-9-3-8-27-24(28)7-4-12-35-27/h1-12,21,30-32,38H,13-19H2/t21-,30?,31?,32?/m0/s1. The monoisotopic (exact) mass is 527 g/mol. The summed E-state index contributed by atoms with van der Waals surface area (Å²) < 4.78 is 37.0. The lowest BCUT2D eigenvalue weighted by Gasteiger charge is -2.40. The van der Waals surface area contributed by atoms with Crippen LogP contribution in [0.3, 0.4) is 0 Å². The zero-order valence-corrected chi connectivity index (χ0v) is 21.6. The average molecular weight is 528 g/mol. The Morgan fingerprint density at radius 2 is 1.69 bits per heavy atom. The van der Waals surface area contributed by atoms with Crippen LogP contribution >= 0.6 is 0 Å². The van der Waals surface area contributed by atoms with Gasteiger partial charge in [-0.25, -0.2) is 8.78 Å². The van der Waals surface area contributed by atoms with Crippen molar-refractivity contribution in [3.8, 4) is 5.75 Å². The third-order valence-corrected chi connectivity index (χ3v) is 8.42. The fourth-order valence-electron chi connectivity index (χ4n) is 6.41. The smallest absolute Gasteiger partial charge is 0.161 e. The molecular formula is C32H31F2N3O2. The minimum absolute atomic E-state index is 0.184. The van der Waals surface area contributed by atoms with E-state index in [2.05, 4.69) is 20.9 Å². The largest absolute Gasteiger partial charge is 0.490 e. The van der Waals surface area contributed by atoms with E-state index in [0.717, 1.165) is 65.8 Å². The highest BCUT2D eigenvalue weighted by Gasteiger charge is 2.42. The van der Waals surface area contributed by atoms with E-state index < -0.39 is 18.4 Å². The number of hydrogen-bond acceptors (Lipinski definition) is 5. The summed E-state index contributed by atoms with van der Waals surface area (Å²) in [7, 11) is 0. The van der Waals surface area contributed by atoms with Crippen molar-refractivity contribution < 1.29 is 18.6 Å². The zero-order valence-electron chi connectivity index (χ0n) is 21.6. The number of pyridine rings is 1. The minimum atomic E-state index is -1.66. The van der Waals surface area contributed by atoms with Crippen molar-refractivity contribution in [1.29, 1.82) is 0 Å². The van der Waals surface area contributed by atoms with E-state index in [1.54, 1.807) is 18.3 Å². The molecule has 7 heteroatoms. The van der Waals surface area contributed by atoms with Gasteiger partial charge >= 0.3 is 0 Å². The van der Waals surface area contributed by atoms with Gasteiger partial charge in [0.1, 0.15) is 18.5 Å². The summed E-state index contributed by atoms with van der Waals surface area (Å²) in [6.45, 7) is 3.69. The lowest BCUT2D eigenvalue weighted by molar-refractivity contribution is 0.0403. The Hall–Kier alpha value is -3.39. The normalized spacial score (nSPS) is 23.4. The van der Waals surface area contributed by atoms with E-state index in [1.165, 1.54) is 0 Å². The maximum absolute atomic E-state index is 15.6. The molecule has 0 saturated carbocycles. The molecule has 3 unspecified atom stereocenters. The highest BCUT2D eigenvalue weighted by molar-refractivity contribution is 5.84. The Labute approximate surface area is 226 Å². The third-order valence-electron chi connectivity index (χ3n) is 8.42. The molecule has 0 amide bonds. The van der Waals surface area contributed by atoms with Crippen LogP contribution in [-0.4, -0.2) is 65.3 Å². The topological polar surface area (TPSA) is 48.8 Å². The summed E-state index contributed by atoms with van der Waals surface area (Å²) in [4.78, 5) is 8.95. The lowest BCUT2D eigenvalue weighted by Crippen LogP contribution is -2.50. The minimum Gasteiger partial charge on any atom is -0.490 e. The first-order valence-electron chi connectivity index (χ1n) is 13.7. The molecule has 0 spiro atoms. The van der Waals surface area contributed by atoms with Crippen LogP contribution in [0.2, 0.25) is 0 Å². The van der Waals surface area contributed by atoms with E-state index in [0.29, 0.717) is 23.4 Å². The number of aromatic nitrogens is 1. The Balaban J connectivity index is 1.05. The fraction of sp³-hybridized carbons (Fsp3) is 0.344. The van der Waals surface area contributed by atoms with Gasteiger partial charge in [0.05, 0.1) is 11.6 Å². The van der Waals surface area contributed by atoms with Crippen LogP contribution in [0.15, 0.2) is 72.9 Å². The molecule has 1 fully saturated rings. The van der Waals surface area contributed by atoms with Crippen LogP contribution in [0.1, 0.15) is 51.8 Å². The Kier molecular flexibility index (Phi) is 6.30. The third kappa shape index (κ3) is 4.48. The van der Waals surface area contributed by atoms with Crippen molar-refractivity contribution in [2.45, 2.75) is 30.9 Å². The molecule has 1 aromatic heterocycles. The quantitative estimate of drug-likeness (QED) is 0.324. The number of nitrogens with zero attached hydrogens (tertiary/aromatic N) is 3. The number of rotatable bonds is 6. The molecule has 0 radical (unpaired) electrons. The van der Waals surface area contributed by atoms with Gasteiger partial charge in [-0.15, -0.1) is 0 Å². The molecule has 5 nitrogen and oxygen atoms in total. The van der Waals surface area contributed by atoms with E-state index in [9.17, 15) is 5.11 Å². The van der Waals surface area contributed by atoms with Crippen LogP contribution in [0.4, 0.5) is 8.78 Å². The second-order valence-corrected chi connectivity index (χ2v) is 10.8. The molecule has 1 saturated heterocycles. The number of piperazine rings is 1. The van der Waals surface area contributed by atoms with Crippen molar-refractivity contribution in [1.82, 2.24) is 14.8 Å². The van der Waals surface area contributed by atoms with E-state index in [4.69, 9.17) is 4.74 Å². The number of fused-ring (bicyclic) bond motifs is 5. The van der Waals surface area contributed by atoms with Gasteiger partial charge in [-0.1, -0.05) is 42.5 Å². The van der Waals surface area contributed by atoms with Gasteiger partial charge in [0, 0.05) is 44.3 Å². The van der Waals surface area contributed by atoms with Crippen LogP contribution in [-0.2, 0) is 6.42 Å². The predicted octanol–water partition coefficient (Wildman–Crippen LogP) is 5.32. The number of hydrogen-bond donors (Lipinski definition) is 1. The molecule has 2 aliphatic carbocycles. The SMILES string of the molecule is O[C@H](COc1cccc2ncccc12)CN1CCN(C2c3ccccc3C(F)C(F)c3c2ccc2c3C2)CC1. The maximum atomic E-state index is 15.6. The van der Waals surface area contributed by atoms with E-state index >= 15 is 8.78 Å². The molecule has 3 aromatic carbocycles. The Morgan fingerprint density at radius 3 is 2.54 bits per heavy atom. The highest BCUT2D eigenvalue weighted by atomic mass is 19.2. The van der Waals surface area contributed by atoms with Gasteiger partial charge in [0.25, 0.3) is 0 Å². The number of β-amino-alcohol motifs (C(OH)–C–C–N with tert-alkyl or cyclic N) is 1. The van der Waals surface area contributed by atoms with Crippen molar-refractivity contribution in [2.24, 2.45) is 0 Å². The molecular weight excluding hydrogens is 496 g/mol. The van der Waals surface area contributed by atoms with Crippen molar-refractivity contribution in [3.05, 3.63) is 106 Å². The molecule has 0 bridgehead atoms. The van der Waals surface area contributed by atoms with Crippen molar-refractivity contribution >= 4 is 10.9 Å². The van der Waals surface area contributed by atoms with Crippen molar-refractivity contribution in [3.63, 3.8) is 0 Å². The first-order chi connectivity index (χ1) is 19.1. The first-order valence-corrected chi connectivity index (χ1v) is 13.7. The highest BCUT2D eigenvalue weighted by Crippen LogP contribution is 2.52. The molecule has 4 aromatic rings. The second-order valence-electron chi connectivity index (χ2n) is 10.8.